The van der Waals surface area contributed by atoms with Crippen LogP contribution in [0.15, 0.2) is 42.5 Å². The Balaban J connectivity index is 1.30. The van der Waals surface area contributed by atoms with Crippen LogP contribution in [0.1, 0.15) is 41.6 Å². The number of methoxy groups -OCH3 is 2. The van der Waals surface area contributed by atoms with Gasteiger partial charge in [-0.25, -0.2) is 0 Å². The Labute approximate surface area is 187 Å². The smallest absolute Gasteiger partial charge is 0.258 e. The van der Waals surface area contributed by atoms with Gasteiger partial charge in [0, 0.05) is 36.4 Å². The van der Waals surface area contributed by atoms with Gasteiger partial charge in [-0.05, 0) is 43.4 Å². The summed E-state index contributed by atoms with van der Waals surface area (Å²) in [4.78, 5) is 25.9. The molecule has 32 heavy (non-hydrogen) atoms. The van der Waals surface area contributed by atoms with Crippen LogP contribution in [-0.4, -0.2) is 31.8 Å². The van der Waals surface area contributed by atoms with E-state index in [1.165, 1.54) is 0 Å². The largest absolute Gasteiger partial charge is 0.497 e. The lowest BCUT2D eigenvalue weighted by Gasteiger charge is -2.55. The maximum Gasteiger partial charge on any atom is 0.258 e. The Morgan fingerprint density at radius 1 is 1.19 bits per heavy atom. The fourth-order valence-corrected chi connectivity index (χ4v) is 5.60. The number of amides is 2. The maximum atomic E-state index is 13.1. The van der Waals surface area contributed by atoms with Crippen molar-refractivity contribution in [2.75, 3.05) is 14.2 Å². The second-order valence-electron chi connectivity index (χ2n) is 8.92. The summed E-state index contributed by atoms with van der Waals surface area (Å²) in [5.74, 6) is 2.07. The third-order valence-corrected chi connectivity index (χ3v) is 7.25. The van der Waals surface area contributed by atoms with Crippen LogP contribution in [0.25, 0.3) is 0 Å². The van der Waals surface area contributed by atoms with Crippen molar-refractivity contribution in [3.05, 3.63) is 53.6 Å². The number of carbonyl (C=O) groups is 2. The van der Waals surface area contributed by atoms with Gasteiger partial charge in [0.25, 0.3) is 5.91 Å². The van der Waals surface area contributed by atoms with Crippen molar-refractivity contribution in [2.45, 2.75) is 38.0 Å². The molecule has 2 aromatic rings. The molecule has 1 spiro atoms. The van der Waals surface area contributed by atoms with E-state index in [0.29, 0.717) is 36.4 Å². The van der Waals surface area contributed by atoms with Crippen LogP contribution < -0.4 is 24.8 Å². The lowest BCUT2D eigenvalue weighted by atomic mass is 9.60. The number of para-hydroxylation sites is 1. The van der Waals surface area contributed by atoms with E-state index in [2.05, 4.69) is 10.6 Å². The third-order valence-electron chi connectivity index (χ3n) is 7.25. The highest BCUT2D eigenvalue weighted by atomic mass is 16.5. The molecule has 3 aliphatic carbocycles. The Kier molecular flexibility index (Phi) is 5.19. The number of ether oxygens (including phenoxy) is 3. The van der Waals surface area contributed by atoms with Gasteiger partial charge in [0.15, 0.2) is 5.72 Å². The van der Waals surface area contributed by atoms with Crippen molar-refractivity contribution in [3.63, 3.8) is 0 Å². The molecule has 0 radical (unpaired) electrons. The molecule has 4 aliphatic rings. The summed E-state index contributed by atoms with van der Waals surface area (Å²) in [5, 5.41) is 6.23. The number of benzene rings is 2. The summed E-state index contributed by atoms with van der Waals surface area (Å²) >= 11 is 0. The van der Waals surface area contributed by atoms with Crippen LogP contribution >= 0.6 is 0 Å². The molecule has 2 amide bonds. The highest BCUT2D eigenvalue weighted by molar-refractivity contribution is 5.98. The molecule has 4 unspecified atom stereocenters. The third kappa shape index (κ3) is 3.45. The van der Waals surface area contributed by atoms with E-state index >= 15 is 0 Å². The highest BCUT2D eigenvalue weighted by Crippen LogP contribution is 2.52. The van der Waals surface area contributed by atoms with Crippen molar-refractivity contribution < 1.29 is 23.8 Å². The van der Waals surface area contributed by atoms with Crippen LogP contribution in [-0.2, 0) is 11.3 Å². The molecule has 2 bridgehead atoms. The van der Waals surface area contributed by atoms with Gasteiger partial charge < -0.3 is 24.8 Å². The topological polar surface area (TPSA) is 85.9 Å². The van der Waals surface area contributed by atoms with Crippen molar-refractivity contribution in [1.29, 1.82) is 0 Å². The number of fused-ring (bicyclic) bond motifs is 3. The predicted molar refractivity (Wildman–Crippen MR) is 118 cm³/mol. The first-order chi connectivity index (χ1) is 15.5. The normalized spacial score (nSPS) is 27.8. The minimum Gasteiger partial charge on any atom is -0.497 e. The average Bonchev–Trinajstić information content (AvgIpc) is 2.82. The van der Waals surface area contributed by atoms with E-state index in [-0.39, 0.29) is 29.6 Å². The average molecular weight is 437 g/mol. The maximum absolute atomic E-state index is 13.1. The van der Waals surface area contributed by atoms with Gasteiger partial charge in [0.1, 0.15) is 17.2 Å². The lowest BCUT2D eigenvalue weighted by Crippen LogP contribution is -2.66. The molecular formula is C25H28N2O5. The van der Waals surface area contributed by atoms with Gasteiger partial charge in [-0.2, -0.15) is 0 Å². The number of rotatable bonds is 5. The van der Waals surface area contributed by atoms with Crippen LogP contribution in [0, 0.1) is 17.8 Å². The van der Waals surface area contributed by atoms with Gasteiger partial charge in [0.2, 0.25) is 5.91 Å². The second kappa shape index (κ2) is 8.04. The highest BCUT2D eigenvalue weighted by Gasteiger charge is 2.57. The van der Waals surface area contributed by atoms with Gasteiger partial charge >= 0.3 is 0 Å². The molecule has 1 heterocycles. The van der Waals surface area contributed by atoms with Crippen LogP contribution in [0.4, 0.5) is 0 Å². The van der Waals surface area contributed by atoms with E-state index in [4.69, 9.17) is 14.2 Å². The van der Waals surface area contributed by atoms with E-state index < -0.39 is 5.72 Å². The summed E-state index contributed by atoms with van der Waals surface area (Å²) in [6.07, 6.45) is 3.22. The van der Waals surface area contributed by atoms with Gasteiger partial charge in [-0.1, -0.05) is 18.2 Å². The molecule has 7 nitrogen and oxygen atoms in total. The van der Waals surface area contributed by atoms with E-state index in [9.17, 15) is 9.59 Å². The molecule has 4 atom stereocenters. The Hall–Kier alpha value is -3.22. The molecule has 7 heteroatoms. The summed E-state index contributed by atoms with van der Waals surface area (Å²) in [5.41, 5.74) is 0.719. The first-order valence-electron chi connectivity index (χ1n) is 11.1. The van der Waals surface area contributed by atoms with Crippen molar-refractivity contribution in [2.24, 2.45) is 17.8 Å². The molecule has 1 aliphatic heterocycles. The fourth-order valence-electron chi connectivity index (χ4n) is 5.60. The molecule has 3 fully saturated rings. The van der Waals surface area contributed by atoms with Crippen LogP contribution in [0.2, 0.25) is 0 Å². The summed E-state index contributed by atoms with van der Waals surface area (Å²) in [6.45, 7) is 0.433. The molecule has 0 saturated heterocycles. The molecular weight excluding hydrogens is 408 g/mol. The summed E-state index contributed by atoms with van der Waals surface area (Å²) in [6, 6.07) is 13.0. The Morgan fingerprint density at radius 3 is 2.78 bits per heavy atom. The van der Waals surface area contributed by atoms with Crippen molar-refractivity contribution >= 4 is 11.8 Å². The minimum absolute atomic E-state index is 0.0599. The fraction of sp³-hybridized carbons (Fsp3) is 0.440. The van der Waals surface area contributed by atoms with Crippen LogP contribution in [0.3, 0.4) is 0 Å². The Bertz CT molecular complexity index is 1050. The predicted octanol–water partition coefficient (Wildman–Crippen LogP) is 3.27. The molecule has 2 aromatic carbocycles. The quantitative estimate of drug-likeness (QED) is 0.751. The van der Waals surface area contributed by atoms with E-state index in [0.717, 1.165) is 24.2 Å². The number of hydrogen-bond donors (Lipinski definition) is 2. The standard InChI is InChI=1S/C25H28N2O5/c1-30-18-9-10-19-22(12-18)32-25(27-24(19)29)13-15-7-8-17(25)11-20(15)23(28)26-14-16-5-3-4-6-21(16)31-2/h3-6,9-10,12,15,17,20H,7-8,11,13-14H2,1-2H3,(H,26,28)(H,27,29). The molecule has 6 rings (SSSR count). The lowest BCUT2D eigenvalue weighted by molar-refractivity contribution is -0.146. The molecule has 3 saturated carbocycles. The zero-order chi connectivity index (χ0) is 22.3. The summed E-state index contributed by atoms with van der Waals surface area (Å²) < 4.78 is 17.1. The minimum atomic E-state index is -0.751. The number of carbonyl (C=O) groups excluding carboxylic acids is 2. The first kappa shape index (κ1) is 20.7. The van der Waals surface area contributed by atoms with Crippen molar-refractivity contribution in [1.82, 2.24) is 10.6 Å². The van der Waals surface area contributed by atoms with E-state index in [1.54, 1.807) is 32.4 Å². The van der Waals surface area contributed by atoms with E-state index in [1.807, 2.05) is 24.3 Å². The van der Waals surface area contributed by atoms with Gasteiger partial charge in [-0.3, -0.25) is 9.59 Å². The second-order valence-corrected chi connectivity index (χ2v) is 8.92. The molecule has 168 valence electrons. The Morgan fingerprint density at radius 2 is 2.03 bits per heavy atom. The number of nitrogens with one attached hydrogen (secondary N) is 2. The van der Waals surface area contributed by atoms with Gasteiger partial charge in [0.05, 0.1) is 19.8 Å². The summed E-state index contributed by atoms with van der Waals surface area (Å²) in [7, 11) is 3.23. The first-order valence-corrected chi connectivity index (χ1v) is 11.1. The zero-order valence-corrected chi connectivity index (χ0v) is 18.4. The van der Waals surface area contributed by atoms with Crippen molar-refractivity contribution in [3.8, 4) is 17.2 Å². The molecule has 0 aromatic heterocycles. The van der Waals surface area contributed by atoms with Crippen LogP contribution in [0.5, 0.6) is 17.2 Å². The molecule has 2 N–H and O–H groups in total. The zero-order valence-electron chi connectivity index (χ0n) is 18.4. The monoisotopic (exact) mass is 436 g/mol. The number of hydrogen-bond acceptors (Lipinski definition) is 5. The SMILES string of the molecule is COc1ccc2c(c1)OC1(CC3CCC1CC3C(=O)NCc1ccccc1OC)NC2=O. The van der Waals surface area contributed by atoms with Gasteiger partial charge in [-0.15, -0.1) is 0 Å².